The standard InChI is InChI=1S/C24H22N4S/c1-17-4-2-3-5-21(17)23-7-6-20(29-23)16-28-13-10-22-19(15-28)14-26-24(27-22)18-8-11-25-12-9-18/h2-9,11-12,14H,10,13,15-16H2,1H3. The van der Waals surface area contributed by atoms with Crippen molar-refractivity contribution in [1.82, 2.24) is 19.9 Å². The number of thiophene rings is 1. The number of aryl methyl sites for hydroxylation is 1. The summed E-state index contributed by atoms with van der Waals surface area (Å²) in [7, 11) is 0. The van der Waals surface area contributed by atoms with E-state index in [1.54, 1.807) is 12.4 Å². The summed E-state index contributed by atoms with van der Waals surface area (Å²) in [6.07, 6.45) is 6.53. The molecular formula is C24H22N4S. The second-order valence-electron chi connectivity index (χ2n) is 7.44. The lowest BCUT2D eigenvalue weighted by atomic mass is 10.1. The summed E-state index contributed by atoms with van der Waals surface area (Å²) in [5.41, 5.74) is 6.10. The molecule has 4 aromatic rings. The third-order valence-corrected chi connectivity index (χ3v) is 6.51. The average molecular weight is 399 g/mol. The number of hydrogen-bond donors (Lipinski definition) is 0. The van der Waals surface area contributed by atoms with Crippen molar-refractivity contribution < 1.29 is 0 Å². The van der Waals surface area contributed by atoms with Crippen LogP contribution in [0.25, 0.3) is 21.8 Å². The maximum atomic E-state index is 4.82. The Morgan fingerprint density at radius 2 is 1.90 bits per heavy atom. The lowest BCUT2D eigenvalue weighted by molar-refractivity contribution is 0.245. The molecule has 0 aliphatic carbocycles. The van der Waals surface area contributed by atoms with Crippen molar-refractivity contribution in [3.8, 4) is 21.8 Å². The van der Waals surface area contributed by atoms with Crippen molar-refractivity contribution >= 4 is 11.3 Å². The van der Waals surface area contributed by atoms with E-state index in [1.165, 1.54) is 32.1 Å². The largest absolute Gasteiger partial charge is 0.293 e. The minimum Gasteiger partial charge on any atom is -0.293 e. The average Bonchev–Trinajstić information content (AvgIpc) is 3.22. The number of hydrogen-bond acceptors (Lipinski definition) is 5. The Balaban J connectivity index is 1.30. The highest BCUT2D eigenvalue weighted by Crippen LogP contribution is 2.31. The first-order valence-corrected chi connectivity index (χ1v) is 10.7. The van der Waals surface area contributed by atoms with Crippen molar-refractivity contribution in [3.63, 3.8) is 0 Å². The molecule has 29 heavy (non-hydrogen) atoms. The first-order chi connectivity index (χ1) is 14.3. The van der Waals surface area contributed by atoms with Gasteiger partial charge in [-0.25, -0.2) is 9.97 Å². The number of nitrogens with zero attached hydrogens (tertiary/aromatic N) is 4. The van der Waals surface area contributed by atoms with E-state index in [0.29, 0.717) is 0 Å². The second-order valence-corrected chi connectivity index (χ2v) is 8.61. The molecule has 0 fully saturated rings. The third kappa shape index (κ3) is 3.84. The SMILES string of the molecule is Cc1ccccc1-c1ccc(CN2CCc3nc(-c4ccncc4)ncc3C2)s1. The van der Waals surface area contributed by atoms with E-state index < -0.39 is 0 Å². The van der Waals surface area contributed by atoms with Gasteiger partial charge in [-0.3, -0.25) is 9.88 Å². The Labute approximate surface area is 174 Å². The van der Waals surface area contributed by atoms with Crippen LogP contribution in [0.1, 0.15) is 21.7 Å². The molecule has 5 heteroatoms. The Kier molecular flexibility index (Phi) is 4.92. The summed E-state index contributed by atoms with van der Waals surface area (Å²) in [5.74, 6) is 0.792. The summed E-state index contributed by atoms with van der Waals surface area (Å²) in [6, 6.07) is 17.0. The smallest absolute Gasteiger partial charge is 0.159 e. The monoisotopic (exact) mass is 398 g/mol. The van der Waals surface area contributed by atoms with Crippen molar-refractivity contribution in [1.29, 1.82) is 0 Å². The highest BCUT2D eigenvalue weighted by atomic mass is 32.1. The molecule has 0 saturated heterocycles. The molecule has 5 rings (SSSR count). The molecule has 0 saturated carbocycles. The second kappa shape index (κ2) is 7.85. The van der Waals surface area contributed by atoms with Gasteiger partial charge >= 0.3 is 0 Å². The van der Waals surface area contributed by atoms with E-state index in [0.717, 1.165) is 37.4 Å². The van der Waals surface area contributed by atoms with Crippen LogP contribution in [0.15, 0.2) is 67.1 Å². The van der Waals surface area contributed by atoms with E-state index in [-0.39, 0.29) is 0 Å². The van der Waals surface area contributed by atoms with Gasteiger partial charge in [0.25, 0.3) is 0 Å². The Morgan fingerprint density at radius 1 is 1.03 bits per heavy atom. The predicted molar refractivity (Wildman–Crippen MR) is 118 cm³/mol. The Bertz CT molecular complexity index is 1140. The molecular weight excluding hydrogens is 376 g/mol. The summed E-state index contributed by atoms with van der Waals surface area (Å²) >= 11 is 1.90. The summed E-state index contributed by atoms with van der Waals surface area (Å²) in [5, 5.41) is 0. The van der Waals surface area contributed by atoms with E-state index >= 15 is 0 Å². The molecule has 4 heterocycles. The van der Waals surface area contributed by atoms with E-state index in [4.69, 9.17) is 4.98 Å². The van der Waals surface area contributed by atoms with Gasteiger partial charge in [0, 0.05) is 65.5 Å². The van der Waals surface area contributed by atoms with Crippen LogP contribution in [0.4, 0.5) is 0 Å². The van der Waals surface area contributed by atoms with Gasteiger partial charge in [0.05, 0.1) is 5.69 Å². The van der Waals surface area contributed by atoms with Gasteiger partial charge in [0.2, 0.25) is 0 Å². The summed E-state index contributed by atoms with van der Waals surface area (Å²) < 4.78 is 0. The van der Waals surface area contributed by atoms with Crippen LogP contribution < -0.4 is 0 Å². The molecule has 0 radical (unpaired) electrons. The highest BCUT2D eigenvalue weighted by molar-refractivity contribution is 7.15. The van der Waals surface area contributed by atoms with Crippen LogP contribution in [0, 0.1) is 6.92 Å². The number of rotatable bonds is 4. The molecule has 0 bridgehead atoms. The first kappa shape index (κ1) is 18.2. The zero-order valence-corrected chi connectivity index (χ0v) is 17.2. The van der Waals surface area contributed by atoms with E-state index in [1.807, 2.05) is 29.7 Å². The summed E-state index contributed by atoms with van der Waals surface area (Å²) in [4.78, 5) is 18.7. The number of aromatic nitrogens is 3. The molecule has 1 aliphatic rings. The molecule has 4 nitrogen and oxygen atoms in total. The maximum absolute atomic E-state index is 4.82. The minimum absolute atomic E-state index is 0.792. The fourth-order valence-corrected chi connectivity index (χ4v) is 4.97. The van der Waals surface area contributed by atoms with Crippen molar-refractivity contribution in [2.45, 2.75) is 26.4 Å². The lowest BCUT2D eigenvalue weighted by Crippen LogP contribution is -2.30. The first-order valence-electron chi connectivity index (χ1n) is 9.88. The molecule has 144 valence electrons. The van der Waals surface area contributed by atoms with Crippen LogP contribution in [0.3, 0.4) is 0 Å². The molecule has 0 unspecified atom stereocenters. The molecule has 0 amide bonds. The molecule has 1 aliphatic heterocycles. The van der Waals surface area contributed by atoms with Crippen molar-refractivity contribution in [2.75, 3.05) is 6.54 Å². The number of benzene rings is 1. The quantitative estimate of drug-likeness (QED) is 0.478. The molecule has 0 atom stereocenters. The molecule has 0 spiro atoms. The Hall–Kier alpha value is -2.89. The van der Waals surface area contributed by atoms with Crippen LogP contribution in [0.5, 0.6) is 0 Å². The molecule has 1 aromatic carbocycles. The van der Waals surface area contributed by atoms with Crippen LogP contribution in [-0.2, 0) is 19.5 Å². The normalized spacial score (nSPS) is 14.0. The van der Waals surface area contributed by atoms with E-state index in [9.17, 15) is 0 Å². The fraction of sp³-hybridized carbons (Fsp3) is 0.208. The number of fused-ring (bicyclic) bond motifs is 1. The maximum Gasteiger partial charge on any atom is 0.159 e. The van der Waals surface area contributed by atoms with Gasteiger partial charge in [-0.05, 0) is 42.3 Å². The van der Waals surface area contributed by atoms with Gasteiger partial charge in [-0.1, -0.05) is 24.3 Å². The topological polar surface area (TPSA) is 41.9 Å². The van der Waals surface area contributed by atoms with E-state index in [2.05, 4.69) is 58.2 Å². The van der Waals surface area contributed by atoms with Crippen molar-refractivity contribution in [2.24, 2.45) is 0 Å². The molecule has 3 aromatic heterocycles. The molecule has 0 N–H and O–H groups in total. The minimum atomic E-state index is 0.792. The summed E-state index contributed by atoms with van der Waals surface area (Å²) in [6.45, 7) is 5.08. The zero-order chi connectivity index (χ0) is 19.6. The van der Waals surface area contributed by atoms with Crippen LogP contribution in [0.2, 0.25) is 0 Å². The highest BCUT2D eigenvalue weighted by Gasteiger charge is 2.19. The van der Waals surface area contributed by atoms with Gasteiger partial charge in [0.15, 0.2) is 5.82 Å². The van der Waals surface area contributed by atoms with Crippen LogP contribution in [-0.4, -0.2) is 26.4 Å². The number of pyridine rings is 1. The predicted octanol–water partition coefficient (Wildman–Crippen LogP) is 5.13. The van der Waals surface area contributed by atoms with Gasteiger partial charge in [0.1, 0.15) is 0 Å². The van der Waals surface area contributed by atoms with Gasteiger partial charge in [-0.15, -0.1) is 11.3 Å². The lowest BCUT2D eigenvalue weighted by Gasteiger charge is -2.27. The van der Waals surface area contributed by atoms with Gasteiger partial charge in [-0.2, -0.15) is 0 Å². The Morgan fingerprint density at radius 3 is 2.76 bits per heavy atom. The van der Waals surface area contributed by atoms with Crippen LogP contribution >= 0.6 is 11.3 Å². The third-order valence-electron chi connectivity index (χ3n) is 5.40. The van der Waals surface area contributed by atoms with Gasteiger partial charge < -0.3 is 0 Å². The zero-order valence-electron chi connectivity index (χ0n) is 16.4. The fourth-order valence-electron chi connectivity index (χ4n) is 3.83. The van der Waals surface area contributed by atoms with Crippen molar-refractivity contribution in [3.05, 3.63) is 88.8 Å².